The summed E-state index contributed by atoms with van der Waals surface area (Å²) < 4.78 is 11.1. The van der Waals surface area contributed by atoms with Crippen LogP contribution >= 0.6 is 11.3 Å². The van der Waals surface area contributed by atoms with Crippen molar-refractivity contribution in [3.63, 3.8) is 0 Å². The van der Waals surface area contributed by atoms with E-state index in [1.165, 1.54) is 54.6 Å². The number of thiazole rings is 1. The first-order valence-electron chi connectivity index (χ1n) is 10.7. The number of non-ortho nitro benzene ring substituents is 2. The van der Waals surface area contributed by atoms with E-state index in [0.29, 0.717) is 11.1 Å². The maximum atomic E-state index is 13.4. The fraction of sp³-hybridized carbons (Fsp3) is 0.125. The number of nitro benzene ring substituents is 2. The summed E-state index contributed by atoms with van der Waals surface area (Å²) in [5, 5.41) is 22.1. The second-order valence-corrected chi connectivity index (χ2v) is 8.91. The first-order valence-corrected chi connectivity index (χ1v) is 11.5. The average molecular weight is 538 g/mol. The van der Waals surface area contributed by atoms with Crippen molar-refractivity contribution in [3.05, 3.63) is 105 Å². The van der Waals surface area contributed by atoms with Gasteiger partial charge in [0.05, 0.1) is 45.7 Å². The van der Waals surface area contributed by atoms with Crippen LogP contribution in [-0.2, 0) is 19.1 Å². The number of nitro groups is 2. The van der Waals surface area contributed by atoms with Gasteiger partial charge in [-0.3, -0.25) is 29.6 Å². The second-order valence-electron chi connectivity index (χ2n) is 7.88. The second kappa shape index (κ2) is 10.1. The summed E-state index contributed by atoms with van der Waals surface area (Å²) in [4.78, 5) is 60.3. The molecule has 13 nitrogen and oxygen atoms in total. The van der Waals surface area contributed by atoms with Gasteiger partial charge in [0.1, 0.15) is 10.5 Å². The number of hydrogen-bond acceptors (Lipinski definition) is 11. The number of aromatic nitrogens is 1. The van der Waals surface area contributed by atoms with E-state index in [-0.39, 0.29) is 37.5 Å². The van der Waals surface area contributed by atoms with Crippen molar-refractivity contribution < 1.29 is 28.9 Å². The third-order valence-electron chi connectivity index (χ3n) is 5.80. The molecular formula is C24H18N4O9S. The molecule has 0 aliphatic carbocycles. The van der Waals surface area contributed by atoms with Crippen molar-refractivity contribution >= 4 is 52.1 Å². The molecule has 1 aliphatic rings. The lowest BCUT2D eigenvalue weighted by Gasteiger charge is -2.26. The molecule has 0 fully saturated rings. The molecule has 2 heterocycles. The van der Waals surface area contributed by atoms with E-state index in [9.17, 15) is 34.6 Å². The SMILES string of the molecule is COC(=O)C1=C(N)n2c(s/c(=C\c3ccc([N+](=O)[O-])cc3)c2=O)=C(C(=O)OC)[C@@H]1c1ccc([N+](=O)[O-])cc1. The molecule has 0 saturated carbocycles. The van der Waals surface area contributed by atoms with Crippen LogP contribution in [-0.4, -0.2) is 40.6 Å². The Labute approximate surface area is 216 Å². The summed E-state index contributed by atoms with van der Waals surface area (Å²) in [5.41, 5.74) is 5.77. The highest BCUT2D eigenvalue weighted by molar-refractivity contribution is 7.07. The van der Waals surface area contributed by atoms with Crippen molar-refractivity contribution in [3.8, 4) is 0 Å². The Morgan fingerprint density at radius 2 is 1.42 bits per heavy atom. The monoisotopic (exact) mass is 538 g/mol. The lowest BCUT2D eigenvalue weighted by Crippen LogP contribution is -2.41. The molecule has 3 aromatic rings. The van der Waals surface area contributed by atoms with Gasteiger partial charge < -0.3 is 15.2 Å². The molecule has 0 unspecified atom stereocenters. The van der Waals surface area contributed by atoms with Gasteiger partial charge >= 0.3 is 11.9 Å². The highest BCUT2D eigenvalue weighted by atomic mass is 32.1. The third kappa shape index (κ3) is 4.43. The van der Waals surface area contributed by atoms with Gasteiger partial charge in [-0.05, 0) is 29.3 Å². The normalized spacial score (nSPS) is 15.2. The number of nitrogens with two attached hydrogens (primary N) is 1. The zero-order valence-electron chi connectivity index (χ0n) is 19.8. The Morgan fingerprint density at radius 3 is 1.92 bits per heavy atom. The van der Waals surface area contributed by atoms with E-state index in [2.05, 4.69) is 0 Å². The van der Waals surface area contributed by atoms with Crippen LogP contribution in [0.5, 0.6) is 0 Å². The molecular weight excluding hydrogens is 520 g/mol. The van der Waals surface area contributed by atoms with Crippen molar-refractivity contribution in [2.24, 2.45) is 5.73 Å². The minimum absolute atomic E-state index is 0.0866. The van der Waals surface area contributed by atoms with Gasteiger partial charge in [0.2, 0.25) is 0 Å². The number of fused-ring (bicyclic) bond motifs is 1. The summed E-state index contributed by atoms with van der Waals surface area (Å²) in [5.74, 6) is -3.23. The number of rotatable bonds is 6. The summed E-state index contributed by atoms with van der Waals surface area (Å²) in [6.45, 7) is 0. The summed E-state index contributed by atoms with van der Waals surface area (Å²) in [6.07, 6.45) is 1.46. The Balaban J connectivity index is 2.05. The van der Waals surface area contributed by atoms with Gasteiger partial charge in [-0.1, -0.05) is 12.1 Å². The average Bonchev–Trinajstić information content (AvgIpc) is 3.23. The minimum Gasteiger partial charge on any atom is -0.466 e. The van der Waals surface area contributed by atoms with E-state index < -0.39 is 33.3 Å². The number of ether oxygens (including phenoxy) is 2. The largest absolute Gasteiger partial charge is 0.466 e. The number of methoxy groups -OCH3 is 2. The van der Waals surface area contributed by atoms with E-state index in [1.54, 1.807) is 0 Å². The number of carbonyl (C=O) groups is 2. The van der Waals surface area contributed by atoms with Crippen LogP contribution in [0.15, 0.2) is 58.9 Å². The maximum absolute atomic E-state index is 13.4. The molecule has 4 rings (SSSR count). The van der Waals surface area contributed by atoms with Gasteiger partial charge in [-0.25, -0.2) is 9.59 Å². The lowest BCUT2D eigenvalue weighted by molar-refractivity contribution is -0.385. The molecule has 1 atom stereocenters. The Bertz CT molecular complexity index is 1700. The van der Waals surface area contributed by atoms with E-state index in [4.69, 9.17) is 15.2 Å². The van der Waals surface area contributed by atoms with E-state index >= 15 is 0 Å². The quantitative estimate of drug-likeness (QED) is 0.269. The molecule has 0 amide bonds. The fourth-order valence-electron chi connectivity index (χ4n) is 4.03. The topological polar surface area (TPSA) is 187 Å². The fourth-order valence-corrected chi connectivity index (χ4v) is 5.20. The molecule has 194 valence electrons. The van der Waals surface area contributed by atoms with Crippen molar-refractivity contribution in [1.82, 2.24) is 4.57 Å². The predicted molar refractivity (Wildman–Crippen MR) is 135 cm³/mol. The van der Waals surface area contributed by atoms with Crippen molar-refractivity contribution in [2.45, 2.75) is 5.92 Å². The highest BCUT2D eigenvalue weighted by Gasteiger charge is 2.39. The van der Waals surface area contributed by atoms with Crippen LogP contribution in [0.4, 0.5) is 11.4 Å². The predicted octanol–water partition coefficient (Wildman–Crippen LogP) is 0.976. The number of hydrogen-bond donors (Lipinski definition) is 1. The van der Waals surface area contributed by atoms with Crippen LogP contribution in [0.1, 0.15) is 17.0 Å². The molecule has 0 radical (unpaired) electrons. The van der Waals surface area contributed by atoms with E-state index in [1.807, 2.05) is 0 Å². The van der Waals surface area contributed by atoms with Crippen molar-refractivity contribution in [2.75, 3.05) is 14.2 Å². The summed E-state index contributed by atoms with van der Waals surface area (Å²) >= 11 is 0.899. The van der Waals surface area contributed by atoms with Crippen LogP contribution in [0, 0.1) is 20.2 Å². The minimum atomic E-state index is -1.17. The van der Waals surface area contributed by atoms with Gasteiger partial charge in [-0.2, -0.15) is 0 Å². The summed E-state index contributed by atoms with van der Waals surface area (Å²) in [6, 6.07) is 10.6. The first-order chi connectivity index (χ1) is 18.1. The highest BCUT2D eigenvalue weighted by Crippen LogP contribution is 2.38. The zero-order chi connectivity index (χ0) is 27.7. The molecule has 0 spiro atoms. The number of esters is 2. The molecule has 0 bridgehead atoms. The number of nitrogens with zero attached hydrogens (tertiary/aromatic N) is 3. The molecule has 1 aromatic heterocycles. The van der Waals surface area contributed by atoms with Crippen LogP contribution in [0.25, 0.3) is 17.5 Å². The standard InChI is InChI=1S/C24H18N4O9S/c1-36-23(30)18-17(13-5-9-15(10-6-13)28(34)35)19(24(31)37-2)22-26(20(18)25)21(29)16(38-22)11-12-3-7-14(8-4-12)27(32)33/h3-11,17H,25H2,1-2H3/b16-11-/t17-/m1/s1. The van der Waals surface area contributed by atoms with Gasteiger partial charge in [0, 0.05) is 24.3 Å². The van der Waals surface area contributed by atoms with Gasteiger partial charge in [0.25, 0.3) is 16.9 Å². The Morgan fingerprint density at radius 1 is 0.921 bits per heavy atom. The molecule has 14 heteroatoms. The number of benzene rings is 2. The summed E-state index contributed by atoms with van der Waals surface area (Å²) in [7, 11) is 2.23. The molecule has 0 saturated heterocycles. The lowest BCUT2D eigenvalue weighted by atomic mass is 9.83. The molecule has 2 aromatic carbocycles. The first kappa shape index (κ1) is 26.0. The van der Waals surface area contributed by atoms with Crippen LogP contribution in [0.2, 0.25) is 0 Å². The van der Waals surface area contributed by atoms with Crippen LogP contribution < -0.4 is 20.5 Å². The Kier molecular flexibility index (Phi) is 6.90. The Hall–Kier alpha value is -5.11. The number of carbonyl (C=O) groups excluding carboxylic acids is 2. The molecule has 38 heavy (non-hydrogen) atoms. The maximum Gasteiger partial charge on any atom is 0.338 e. The third-order valence-corrected chi connectivity index (χ3v) is 6.91. The smallest absolute Gasteiger partial charge is 0.338 e. The van der Waals surface area contributed by atoms with Crippen molar-refractivity contribution in [1.29, 1.82) is 0 Å². The van der Waals surface area contributed by atoms with Gasteiger partial charge in [0.15, 0.2) is 0 Å². The molecule has 1 aliphatic heterocycles. The molecule has 2 N–H and O–H groups in total. The van der Waals surface area contributed by atoms with Crippen LogP contribution in [0.3, 0.4) is 0 Å². The van der Waals surface area contributed by atoms with E-state index in [0.717, 1.165) is 30.1 Å². The zero-order valence-corrected chi connectivity index (χ0v) is 20.6. The van der Waals surface area contributed by atoms with Gasteiger partial charge in [-0.15, -0.1) is 11.3 Å².